The smallest absolute Gasteiger partial charge is 0.262 e. The Labute approximate surface area is 117 Å². The number of para-hydroxylation sites is 1. The standard InChI is InChI=1S/C16H16FNO2/c1-3-11-7-4-6-10(2)15(11)18-16(20)14-12(17)8-5-9-13(14)19/h4-9,19H,3H2,1-2H3,(H,18,20). The van der Waals surface area contributed by atoms with Gasteiger partial charge in [0.1, 0.15) is 17.1 Å². The summed E-state index contributed by atoms with van der Waals surface area (Å²) in [7, 11) is 0. The van der Waals surface area contributed by atoms with E-state index >= 15 is 0 Å². The van der Waals surface area contributed by atoms with Crippen LogP contribution in [0.1, 0.15) is 28.4 Å². The van der Waals surface area contributed by atoms with Crippen molar-refractivity contribution in [3.63, 3.8) is 0 Å². The molecule has 104 valence electrons. The maximum atomic E-state index is 13.7. The molecule has 0 heterocycles. The molecule has 0 saturated heterocycles. The van der Waals surface area contributed by atoms with E-state index in [9.17, 15) is 14.3 Å². The molecular formula is C16H16FNO2. The van der Waals surface area contributed by atoms with E-state index < -0.39 is 11.7 Å². The zero-order valence-electron chi connectivity index (χ0n) is 11.4. The van der Waals surface area contributed by atoms with Crippen LogP contribution >= 0.6 is 0 Å². The summed E-state index contributed by atoms with van der Waals surface area (Å²) in [5.41, 5.74) is 2.20. The number of hydrogen-bond acceptors (Lipinski definition) is 2. The second kappa shape index (κ2) is 5.74. The maximum Gasteiger partial charge on any atom is 0.262 e. The summed E-state index contributed by atoms with van der Waals surface area (Å²) in [6, 6.07) is 9.47. The number of phenolic OH excluding ortho intramolecular Hbond substituents is 1. The SMILES string of the molecule is CCc1cccc(C)c1NC(=O)c1c(O)cccc1F. The van der Waals surface area contributed by atoms with E-state index in [1.165, 1.54) is 12.1 Å². The molecule has 0 fully saturated rings. The van der Waals surface area contributed by atoms with E-state index in [2.05, 4.69) is 5.32 Å². The fraction of sp³-hybridized carbons (Fsp3) is 0.188. The van der Waals surface area contributed by atoms with E-state index in [-0.39, 0.29) is 11.3 Å². The van der Waals surface area contributed by atoms with Crippen LogP contribution in [0.25, 0.3) is 0 Å². The minimum atomic E-state index is -0.742. The van der Waals surface area contributed by atoms with Crippen molar-refractivity contribution in [1.29, 1.82) is 0 Å². The number of carbonyl (C=O) groups excluding carboxylic acids is 1. The third kappa shape index (κ3) is 2.64. The number of aryl methyl sites for hydroxylation is 2. The van der Waals surface area contributed by atoms with Gasteiger partial charge in [-0.25, -0.2) is 4.39 Å². The molecule has 4 heteroatoms. The number of anilines is 1. The highest BCUT2D eigenvalue weighted by Crippen LogP contribution is 2.25. The van der Waals surface area contributed by atoms with Gasteiger partial charge in [-0.3, -0.25) is 4.79 Å². The molecule has 0 aliphatic carbocycles. The highest BCUT2D eigenvalue weighted by molar-refractivity contribution is 6.07. The molecule has 0 atom stereocenters. The van der Waals surface area contributed by atoms with Gasteiger partial charge in [0.05, 0.1) is 0 Å². The molecule has 2 aromatic carbocycles. The number of rotatable bonds is 3. The molecule has 20 heavy (non-hydrogen) atoms. The largest absolute Gasteiger partial charge is 0.507 e. The van der Waals surface area contributed by atoms with Crippen LogP contribution in [0.2, 0.25) is 0 Å². The number of carbonyl (C=O) groups is 1. The van der Waals surface area contributed by atoms with Crippen molar-refractivity contribution in [2.24, 2.45) is 0 Å². The van der Waals surface area contributed by atoms with Crippen LogP contribution in [0, 0.1) is 12.7 Å². The molecule has 1 amide bonds. The lowest BCUT2D eigenvalue weighted by Crippen LogP contribution is -2.16. The van der Waals surface area contributed by atoms with E-state index in [0.717, 1.165) is 23.6 Å². The Balaban J connectivity index is 2.38. The summed E-state index contributed by atoms with van der Waals surface area (Å²) in [6.07, 6.45) is 0.751. The first kappa shape index (κ1) is 14.1. The van der Waals surface area contributed by atoms with Crippen LogP contribution in [0.15, 0.2) is 36.4 Å². The van der Waals surface area contributed by atoms with Gasteiger partial charge in [-0.1, -0.05) is 31.2 Å². The third-order valence-electron chi connectivity index (χ3n) is 3.20. The third-order valence-corrected chi connectivity index (χ3v) is 3.20. The number of benzene rings is 2. The summed E-state index contributed by atoms with van der Waals surface area (Å²) in [4.78, 5) is 12.2. The number of halogens is 1. The van der Waals surface area contributed by atoms with Gasteiger partial charge in [0.2, 0.25) is 0 Å². The fourth-order valence-electron chi connectivity index (χ4n) is 2.12. The van der Waals surface area contributed by atoms with Gasteiger partial charge in [0.15, 0.2) is 0 Å². The van der Waals surface area contributed by atoms with Crippen LogP contribution in [-0.2, 0) is 6.42 Å². The number of hydrogen-bond donors (Lipinski definition) is 2. The van der Waals surface area contributed by atoms with Crippen molar-refractivity contribution in [2.75, 3.05) is 5.32 Å². The molecule has 0 saturated carbocycles. The number of nitrogens with one attached hydrogen (secondary N) is 1. The van der Waals surface area contributed by atoms with E-state index in [1.54, 1.807) is 0 Å². The maximum absolute atomic E-state index is 13.7. The minimum absolute atomic E-state index is 0.335. The molecule has 0 spiro atoms. The summed E-state index contributed by atoms with van der Waals surface area (Å²) in [6.45, 7) is 3.85. The second-order valence-corrected chi connectivity index (χ2v) is 4.55. The monoisotopic (exact) mass is 273 g/mol. The van der Waals surface area contributed by atoms with Crippen molar-refractivity contribution in [3.05, 3.63) is 58.9 Å². The highest BCUT2D eigenvalue weighted by atomic mass is 19.1. The first-order valence-electron chi connectivity index (χ1n) is 6.42. The molecule has 0 bridgehead atoms. The van der Waals surface area contributed by atoms with Gasteiger partial charge in [-0.15, -0.1) is 0 Å². The van der Waals surface area contributed by atoms with E-state index in [1.807, 2.05) is 32.0 Å². The molecule has 0 unspecified atom stereocenters. The van der Waals surface area contributed by atoms with Gasteiger partial charge in [-0.2, -0.15) is 0 Å². The summed E-state index contributed by atoms with van der Waals surface area (Å²) in [5.74, 6) is -1.76. The quantitative estimate of drug-likeness (QED) is 0.896. The minimum Gasteiger partial charge on any atom is -0.507 e. The second-order valence-electron chi connectivity index (χ2n) is 4.55. The lowest BCUT2D eigenvalue weighted by Gasteiger charge is -2.13. The summed E-state index contributed by atoms with van der Waals surface area (Å²) < 4.78 is 13.7. The Hall–Kier alpha value is -2.36. The van der Waals surface area contributed by atoms with E-state index in [0.29, 0.717) is 5.69 Å². The van der Waals surface area contributed by atoms with Gasteiger partial charge >= 0.3 is 0 Å². The lowest BCUT2D eigenvalue weighted by molar-refractivity contribution is 0.102. The molecule has 3 nitrogen and oxygen atoms in total. The summed E-state index contributed by atoms with van der Waals surface area (Å²) >= 11 is 0. The Morgan fingerprint density at radius 2 is 1.95 bits per heavy atom. The van der Waals surface area contributed by atoms with Crippen molar-refractivity contribution >= 4 is 11.6 Å². The van der Waals surface area contributed by atoms with Crippen molar-refractivity contribution < 1.29 is 14.3 Å². The molecule has 0 aliphatic rings. The van der Waals surface area contributed by atoms with Crippen molar-refractivity contribution in [1.82, 2.24) is 0 Å². The average Bonchev–Trinajstić information content (AvgIpc) is 2.41. The zero-order chi connectivity index (χ0) is 14.7. The van der Waals surface area contributed by atoms with Crippen LogP contribution in [0.4, 0.5) is 10.1 Å². The number of phenols is 1. The van der Waals surface area contributed by atoms with Crippen molar-refractivity contribution in [2.45, 2.75) is 20.3 Å². The predicted octanol–water partition coefficient (Wildman–Crippen LogP) is 3.65. The molecule has 0 aromatic heterocycles. The molecule has 2 aromatic rings. The molecule has 0 aliphatic heterocycles. The number of aromatic hydroxyl groups is 1. The van der Waals surface area contributed by atoms with Gasteiger partial charge < -0.3 is 10.4 Å². The van der Waals surface area contributed by atoms with Crippen molar-refractivity contribution in [3.8, 4) is 5.75 Å². The fourth-order valence-corrected chi connectivity index (χ4v) is 2.12. The Bertz CT molecular complexity index is 633. The van der Waals surface area contributed by atoms with Crippen LogP contribution < -0.4 is 5.32 Å². The molecule has 2 rings (SSSR count). The summed E-state index contributed by atoms with van der Waals surface area (Å²) in [5, 5.41) is 12.3. The van der Waals surface area contributed by atoms with Crippen LogP contribution in [0.5, 0.6) is 5.75 Å². The van der Waals surface area contributed by atoms with Gasteiger partial charge in [0, 0.05) is 5.69 Å². The topological polar surface area (TPSA) is 49.3 Å². The first-order valence-corrected chi connectivity index (χ1v) is 6.42. The van der Waals surface area contributed by atoms with E-state index in [4.69, 9.17) is 0 Å². The Kier molecular flexibility index (Phi) is 4.03. The first-order chi connectivity index (χ1) is 9.54. The number of amides is 1. The van der Waals surface area contributed by atoms with Gasteiger partial charge in [0.25, 0.3) is 5.91 Å². The average molecular weight is 273 g/mol. The molecule has 2 N–H and O–H groups in total. The molecule has 0 radical (unpaired) electrons. The normalized spacial score (nSPS) is 10.3. The predicted molar refractivity (Wildman–Crippen MR) is 76.6 cm³/mol. The van der Waals surface area contributed by atoms with Crippen LogP contribution in [-0.4, -0.2) is 11.0 Å². The Morgan fingerprint density at radius 1 is 1.25 bits per heavy atom. The zero-order valence-corrected chi connectivity index (χ0v) is 11.4. The van der Waals surface area contributed by atoms with Crippen LogP contribution in [0.3, 0.4) is 0 Å². The molecular weight excluding hydrogens is 257 g/mol. The lowest BCUT2D eigenvalue weighted by atomic mass is 10.1. The van der Waals surface area contributed by atoms with Gasteiger partial charge in [-0.05, 0) is 36.6 Å². The Morgan fingerprint density at radius 3 is 2.60 bits per heavy atom. The highest BCUT2D eigenvalue weighted by Gasteiger charge is 2.18.